The Morgan fingerprint density at radius 3 is 2.65 bits per heavy atom. The monoisotopic (exact) mass is 364 g/mol. The summed E-state index contributed by atoms with van der Waals surface area (Å²) in [6, 6.07) is 17.8. The van der Waals surface area contributed by atoms with Crippen LogP contribution in [0.25, 0.3) is 22.8 Å². The number of hydrogen-bond donors (Lipinski definition) is 2. The molecule has 4 rings (SSSR count). The second-order valence-electron chi connectivity index (χ2n) is 5.50. The molecule has 4 aromatic rings. The molecule has 2 aromatic carbocycles. The lowest BCUT2D eigenvalue weighted by Gasteiger charge is -1.98. The average Bonchev–Trinajstić information content (AvgIpc) is 3.28. The number of aromatic amines is 2. The number of halogens is 1. The van der Waals surface area contributed by atoms with E-state index in [1.165, 1.54) is 23.0 Å². The van der Waals surface area contributed by atoms with Gasteiger partial charge in [0.05, 0.1) is 11.9 Å². The molecule has 2 heterocycles. The maximum Gasteiger partial charge on any atom is 0.216 e. The lowest BCUT2D eigenvalue weighted by molar-refractivity contribution is 0.627. The lowest BCUT2D eigenvalue weighted by atomic mass is 10.1. The van der Waals surface area contributed by atoms with Crippen molar-refractivity contribution in [3.63, 3.8) is 0 Å². The Labute approximate surface area is 153 Å². The summed E-state index contributed by atoms with van der Waals surface area (Å²) in [7, 11) is 0. The highest BCUT2D eigenvalue weighted by molar-refractivity contribution is 7.71. The molecule has 0 fully saturated rings. The zero-order valence-electron chi connectivity index (χ0n) is 13.4. The van der Waals surface area contributed by atoms with E-state index in [4.69, 9.17) is 12.2 Å². The smallest absolute Gasteiger partial charge is 0.216 e. The van der Waals surface area contributed by atoms with Crippen molar-refractivity contribution in [1.82, 2.24) is 25.1 Å². The molecule has 0 saturated heterocycles. The van der Waals surface area contributed by atoms with Gasteiger partial charge in [0.15, 0.2) is 0 Å². The minimum atomic E-state index is -0.328. The molecule has 0 bridgehead atoms. The lowest BCUT2D eigenvalue weighted by Crippen LogP contribution is -1.95. The topological polar surface area (TPSA) is 74.7 Å². The summed E-state index contributed by atoms with van der Waals surface area (Å²) in [5, 5.41) is 18.5. The molecule has 6 nitrogen and oxygen atoms in total. The fraction of sp³-hybridized carbons (Fsp3) is 0. The van der Waals surface area contributed by atoms with Gasteiger partial charge in [-0.05, 0) is 36.0 Å². The van der Waals surface area contributed by atoms with Crippen LogP contribution in [-0.2, 0) is 0 Å². The first-order chi connectivity index (χ1) is 12.7. The highest BCUT2D eigenvalue weighted by atomic mass is 32.1. The van der Waals surface area contributed by atoms with Crippen molar-refractivity contribution in [2.24, 2.45) is 5.10 Å². The Morgan fingerprint density at radius 1 is 1.00 bits per heavy atom. The molecule has 0 radical (unpaired) electrons. The highest BCUT2D eigenvalue weighted by Gasteiger charge is 2.12. The van der Waals surface area contributed by atoms with Crippen LogP contribution >= 0.6 is 12.2 Å². The van der Waals surface area contributed by atoms with Gasteiger partial charge < -0.3 is 0 Å². The van der Waals surface area contributed by atoms with Gasteiger partial charge in [0.2, 0.25) is 10.6 Å². The van der Waals surface area contributed by atoms with Gasteiger partial charge >= 0.3 is 0 Å². The Balaban J connectivity index is 1.69. The number of rotatable bonds is 4. The van der Waals surface area contributed by atoms with Crippen LogP contribution in [0.15, 0.2) is 65.8 Å². The number of H-pyrrole nitrogens is 2. The molecule has 8 heteroatoms. The maximum absolute atomic E-state index is 13.3. The average molecular weight is 364 g/mol. The van der Waals surface area contributed by atoms with Crippen molar-refractivity contribution >= 4 is 18.4 Å². The van der Waals surface area contributed by atoms with E-state index < -0.39 is 0 Å². The predicted molar refractivity (Wildman–Crippen MR) is 99.8 cm³/mol. The molecular formula is C18H13FN6S. The molecule has 26 heavy (non-hydrogen) atoms. The Kier molecular flexibility index (Phi) is 4.24. The first-order valence-electron chi connectivity index (χ1n) is 7.79. The van der Waals surface area contributed by atoms with Gasteiger partial charge in [-0.15, -0.1) is 0 Å². The van der Waals surface area contributed by atoms with Crippen LogP contribution in [-0.4, -0.2) is 31.3 Å². The predicted octanol–water partition coefficient (Wildman–Crippen LogP) is 4.02. The molecule has 2 aromatic heterocycles. The van der Waals surface area contributed by atoms with Gasteiger partial charge in [0.1, 0.15) is 11.5 Å². The molecular weight excluding hydrogens is 351 g/mol. The van der Waals surface area contributed by atoms with Crippen molar-refractivity contribution in [2.75, 3.05) is 0 Å². The maximum atomic E-state index is 13.3. The van der Waals surface area contributed by atoms with E-state index in [1.807, 2.05) is 36.4 Å². The van der Waals surface area contributed by atoms with Gasteiger partial charge in [0.25, 0.3) is 0 Å². The highest BCUT2D eigenvalue weighted by Crippen LogP contribution is 2.22. The van der Waals surface area contributed by atoms with Gasteiger partial charge in [0, 0.05) is 5.56 Å². The summed E-state index contributed by atoms with van der Waals surface area (Å²) >= 11 is 5.24. The van der Waals surface area contributed by atoms with Crippen LogP contribution in [0.2, 0.25) is 0 Å². The van der Waals surface area contributed by atoms with Crippen LogP contribution in [0.5, 0.6) is 0 Å². The third-order valence-corrected chi connectivity index (χ3v) is 3.97. The zero-order valence-corrected chi connectivity index (χ0v) is 14.2. The van der Waals surface area contributed by atoms with Crippen LogP contribution in [0.4, 0.5) is 4.39 Å². The first-order valence-corrected chi connectivity index (χ1v) is 8.20. The van der Waals surface area contributed by atoms with Crippen molar-refractivity contribution in [2.45, 2.75) is 0 Å². The summed E-state index contributed by atoms with van der Waals surface area (Å²) in [6.07, 6.45) is 1.52. The van der Waals surface area contributed by atoms with Crippen LogP contribution < -0.4 is 0 Å². The largest absolute Gasteiger partial charge is 0.274 e. The summed E-state index contributed by atoms with van der Waals surface area (Å²) in [4.78, 5) is 0. The van der Waals surface area contributed by atoms with Crippen molar-refractivity contribution < 1.29 is 4.39 Å². The molecule has 0 aliphatic rings. The Bertz CT molecular complexity index is 1130. The molecule has 0 aliphatic heterocycles. The van der Waals surface area contributed by atoms with E-state index in [0.29, 0.717) is 21.9 Å². The second-order valence-corrected chi connectivity index (χ2v) is 5.88. The molecule has 2 N–H and O–H groups in total. The third-order valence-electron chi connectivity index (χ3n) is 3.71. The van der Waals surface area contributed by atoms with E-state index in [-0.39, 0.29) is 5.82 Å². The number of nitrogens with one attached hydrogen (secondary N) is 2. The van der Waals surface area contributed by atoms with Crippen molar-refractivity contribution in [1.29, 1.82) is 0 Å². The minimum absolute atomic E-state index is 0.323. The number of nitrogens with zero attached hydrogens (tertiary/aromatic N) is 4. The van der Waals surface area contributed by atoms with Crippen LogP contribution in [0.3, 0.4) is 0 Å². The fourth-order valence-electron chi connectivity index (χ4n) is 2.48. The van der Waals surface area contributed by atoms with Crippen LogP contribution in [0.1, 0.15) is 5.56 Å². The Hall–Kier alpha value is -3.39. The standard InChI is InChI=1S/C18H13FN6S/c19-14-8-4-5-12(9-14)11-20-25-17(23-24-18(25)26)16-10-15(21-22-16)13-6-2-1-3-7-13/h1-11H,(H,21,22)(H,24,26)/b20-11-. The van der Waals surface area contributed by atoms with Gasteiger partial charge in [-0.2, -0.15) is 20.0 Å². The SMILES string of the molecule is Fc1cccc(/C=N\n2c(-c3cc(-c4ccccc4)n[nH]3)n[nH]c2=S)c1. The van der Waals surface area contributed by atoms with Crippen molar-refractivity contribution in [3.8, 4) is 22.8 Å². The van der Waals surface area contributed by atoms with E-state index in [2.05, 4.69) is 25.5 Å². The molecule has 0 atom stereocenters. The molecule has 128 valence electrons. The molecule has 0 unspecified atom stereocenters. The zero-order chi connectivity index (χ0) is 17.9. The van der Waals surface area contributed by atoms with Crippen LogP contribution in [0, 0.1) is 10.6 Å². The second kappa shape index (κ2) is 6.85. The third kappa shape index (κ3) is 3.22. The summed E-state index contributed by atoms with van der Waals surface area (Å²) < 4.78 is 15.1. The number of benzene rings is 2. The fourth-order valence-corrected chi connectivity index (χ4v) is 2.66. The van der Waals surface area contributed by atoms with Crippen molar-refractivity contribution in [3.05, 3.63) is 76.8 Å². The quantitative estimate of drug-likeness (QED) is 0.424. The summed E-state index contributed by atoms with van der Waals surface area (Å²) in [5.74, 6) is 0.156. The first kappa shape index (κ1) is 16.1. The molecule has 0 aliphatic carbocycles. The number of aromatic nitrogens is 5. The van der Waals surface area contributed by atoms with E-state index in [0.717, 1.165) is 11.3 Å². The normalized spacial score (nSPS) is 11.3. The number of hydrogen-bond acceptors (Lipinski definition) is 4. The Morgan fingerprint density at radius 2 is 1.85 bits per heavy atom. The molecule has 0 saturated carbocycles. The van der Waals surface area contributed by atoms with Gasteiger partial charge in [-0.25, -0.2) is 9.49 Å². The molecule has 0 spiro atoms. The molecule has 0 amide bonds. The van der Waals surface area contributed by atoms with Gasteiger partial charge in [-0.1, -0.05) is 42.5 Å². The minimum Gasteiger partial charge on any atom is -0.274 e. The summed E-state index contributed by atoms with van der Waals surface area (Å²) in [5.41, 5.74) is 3.05. The van der Waals surface area contributed by atoms with Gasteiger partial charge in [-0.3, -0.25) is 5.10 Å². The summed E-state index contributed by atoms with van der Waals surface area (Å²) in [6.45, 7) is 0. The van der Waals surface area contributed by atoms with E-state index in [9.17, 15) is 4.39 Å². The van der Waals surface area contributed by atoms with E-state index in [1.54, 1.807) is 12.1 Å². The van der Waals surface area contributed by atoms with E-state index >= 15 is 0 Å².